The van der Waals surface area contributed by atoms with Gasteiger partial charge in [0, 0.05) is 6.42 Å². The summed E-state index contributed by atoms with van der Waals surface area (Å²) in [7, 11) is 0. The number of benzene rings is 2. The molecule has 3 rings (SSSR count). The predicted octanol–water partition coefficient (Wildman–Crippen LogP) is 4.12. The molecule has 1 saturated heterocycles. The molecule has 0 radical (unpaired) electrons. The first-order chi connectivity index (χ1) is 10.5. The van der Waals surface area contributed by atoms with Crippen molar-refractivity contribution in [3.8, 4) is 0 Å². The third-order valence-electron chi connectivity index (χ3n) is 3.86. The number of hydrogen-bond acceptors (Lipinski definition) is 3. The Bertz CT molecular complexity index is 704. The van der Waals surface area contributed by atoms with Crippen LogP contribution >= 0.6 is 11.6 Å². The third kappa shape index (κ3) is 2.79. The number of carbonyl (C=O) groups is 1. The van der Waals surface area contributed by atoms with E-state index in [-0.39, 0.29) is 11.8 Å². The topological polar surface area (TPSA) is 38.3 Å². The number of nitrogens with one attached hydrogen (secondary N) is 1. The Morgan fingerprint density at radius 2 is 1.91 bits per heavy atom. The van der Waals surface area contributed by atoms with E-state index in [1.807, 2.05) is 25.1 Å². The molecule has 0 aromatic heterocycles. The molecule has 0 spiro atoms. The van der Waals surface area contributed by atoms with Gasteiger partial charge in [-0.15, -0.1) is 0 Å². The number of hydrogen-bond donors (Lipinski definition) is 1. The molecule has 5 heteroatoms. The van der Waals surface area contributed by atoms with Crippen molar-refractivity contribution in [1.29, 1.82) is 0 Å². The number of rotatable bonds is 3. The third-order valence-corrected chi connectivity index (χ3v) is 4.19. The molecule has 2 unspecified atom stereocenters. The summed E-state index contributed by atoms with van der Waals surface area (Å²) in [6.45, 7) is 1.83. The Labute approximate surface area is 133 Å². The Kier molecular flexibility index (Phi) is 3.79. The number of para-hydroxylation sites is 1. The van der Waals surface area contributed by atoms with Crippen LogP contribution in [0.4, 0.5) is 10.1 Å². The molecule has 1 heterocycles. The lowest BCUT2D eigenvalue weighted by Gasteiger charge is -2.23. The summed E-state index contributed by atoms with van der Waals surface area (Å²) in [6, 6.07) is 12.7. The van der Waals surface area contributed by atoms with Crippen LogP contribution < -0.4 is 5.32 Å². The summed E-state index contributed by atoms with van der Waals surface area (Å²) in [5.74, 6) is -0.658. The zero-order valence-corrected chi connectivity index (χ0v) is 12.7. The van der Waals surface area contributed by atoms with Gasteiger partial charge >= 0.3 is 5.97 Å². The summed E-state index contributed by atoms with van der Waals surface area (Å²) in [4.78, 5) is 12.1. The van der Waals surface area contributed by atoms with E-state index in [0.29, 0.717) is 17.1 Å². The highest BCUT2D eigenvalue weighted by molar-refractivity contribution is 6.33. The molecule has 1 N–H and O–H groups in total. The van der Waals surface area contributed by atoms with E-state index in [0.717, 1.165) is 5.56 Å². The van der Waals surface area contributed by atoms with Crippen molar-refractivity contribution in [2.75, 3.05) is 5.32 Å². The molecule has 1 aliphatic heterocycles. The summed E-state index contributed by atoms with van der Waals surface area (Å²) in [5.41, 5.74) is 0.684. The van der Waals surface area contributed by atoms with Gasteiger partial charge in [-0.3, -0.25) is 0 Å². The smallest absolute Gasteiger partial charge is 0.329 e. The van der Waals surface area contributed by atoms with Crippen LogP contribution in [-0.4, -0.2) is 12.0 Å². The number of ether oxygens (including phenoxy) is 1. The minimum atomic E-state index is -0.774. The van der Waals surface area contributed by atoms with Gasteiger partial charge < -0.3 is 10.1 Å². The van der Waals surface area contributed by atoms with E-state index in [4.69, 9.17) is 16.3 Å². The Balaban J connectivity index is 1.81. The normalized spacial score (nSPS) is 24.1. The molecule has 3 nitrogen and oxygen atoms in total. The Hall–Kier alpha value is -2.07. The number of carbonyl (C=O) groups excluding carboxylic acids is 1. The maximum Gasteiger partial charge on any atom is 0.329 e. The average molecular weight is 320 g/mol. The fourth-order valence-corrected chi connectivity index (χ4v) is 2.85. The molecule has 1 aliphatic rings. The van der Waals surface area contributed by atoms with Gasteiger partial charge in [0.1, 0.15) is 17.5 Å². The van der Waals surface area contributed by atoms with Crippen molar-refractivity contribution in [1.82, 2.24) is 0 Å². The lowest BCUT2D eigenvalue weighted by atomic mass is 9.91. The standard InChI is InChI=1S/C17H15ClFNO2/c1-17(11-6-8-12(19)9-7-11)10-15(16(21)22-17)20-14-5-3-2-4-13(14)18/h2-9,15,20H,10H2,1H3. The van der Waals surface area contributed by atoms with Gasteiger partial charge in [-0.25, -0.2) is 9.18 Å². The van der Waals surface area contributed by atoms with E-state index >= 15 is 0 Å². The van der Waals surface area contributed by atoms with Gasteiger partial charge in [0.2, 0.25) is 0 Å². The van der Waals surface area contributed by atoms with E-state index in [2.05, 4.69) is 5.32 Å². The molecule has 0 aliphatic carbocycles. The first kappa shape index (κ1) is 14.9. The van der Waals surface area contributed by atoms with Crippen LogP contribution in [0.15, 0.2) is 48.5 Å². The molecular formula is C17H15ClFNO2. The van der Waals surface area contributed by atoms with Gasteiger partial charge in [0.05, 0.1) is 10.7 Å². The predicted molar refractivity (Wildman–Crippen MR) is 83.3 cm³/mol. The van der Waals surface area contributed by atoms with Crippen molar-refractivity contribution in [2.24, 2.45) is 0 Å². The monoisotopic (exact) mass is 319 g/mol. The molecule has 0 saturated carbocycles. The molecule has 114 valence electrons. The molecule has 22 heavy (non-hydrogen) atoms. The minimum absolute atomic E-state index is 0.317. The van der Waals surface area contributed by atoms with Crippen LogP contribution in [0.1, 0.15) is 18.9 Å². The Morgan fingerprint density at radius 1 is 1.23 bits per heavy atom. The van der Waals surface area contributed by atoms with Crippen molar-refractivity contribution in [3.05, 3.63) is 64.9 Å². The van der Waals surface area contributed by atoms with Gasteiger partial charge in [-0.1, -0.05) is 35.9 Å². The largest absolute Gasteiger partial charge is 0.453 e. The molecule has 2 aromatic carbocycles. The minimum Gasteiger partial charge on any atom is -0.453 e. The average Bonchev–Trinajstić information content (AvgIpc) is 2.78. The van der Waals surface area contributed by atoms with Crippen molar-refractivity contribution in [2.45, 2.75) is 25.0 Å². The van der Waals surface area contributed by atoms with Crippen molar-refractivity contribution in [3.63, 3.8) is 0 Å². The van der Waals surface area contributed by atoms with E-state index < -0.39 is 11.6 Å². The van der Waals surface area contributed by atoms with Crippen LogP contribution in [0.2, 0.25) is 5.02 Å². The highest BCUT2D eigenvalue weighted by Gasteiger charge is 2.44. The molecular weight excluding hydrogens is 305 g/mol. The van der Waals surface area contributed by atoms with Crippen LogP contribution in [-0.2, 0) is 15.1 Å². The summed E-state index contributed by atoms with van der Waals surface area (Å²) >= 11 is 6.10. The number of esters is 1. The second-order valence-corrected chi connectivity index (χ2v) is 5.95. The molecule has 1 fully saturated rings. The second-order valence-electron chi connectivity index (χ2n) is 5.54. The molecule has 2 aromatic rings. The molecule has 0 bridgehead atoms. The Morgan fingerprint density at radius 3 is 2.59 bits per heavy atom. The van der Waals surface area contributed by atoms with Crippen molar-refractivity contribution >= 4 is 23.3 Å². The van der Waals surface area contributed by atoms with E-state index in [1.54, 1.807) is 18.2 Å². The van der Waals surface area contributed by atoms with Crippen LogP contribution in [0.25, 0.3) is 0 Å². The molecule has 2 atom stereocenters. The quantitative estimate of drug-likeness (QED) is 0.865. The maximum atomic E-state index is 13.0. The molecule has 0 amide bonds. The number of halogens is 2. The zero-order valence-electron chi connectivity index (χ0n) is 12.0. The first-order valence-corrected chi connectivity index (χ1v) is 7.36. The first-order valence-electron chi connectivity index (χ1n) is 6.98. The lowest BCUT2D eigenvalue weighted by molar-refractivity contribution is -0.148. The highest BCUT2D eigenvalue weighted by atomic mass is 35.5. The van der Waals surface area contributed by atoms with E-state index in [1.165, 1.54) is 12.1 Å². The number of anilines is 1. The lowest BCUT2D eigenvalue weighted by Crippen LogP contribution is -2.25. The summed E-state index contributed by atoms with van der Waals surface area (Å²) < 4.78 is 18.6. The van der Waals surface area contributed by atoms with Gasteiger partial charge in [0.15, 0.2) is 0 Å². The van der Waals surface area contributed by atoms with E-state index in [9.17, 15) is 9.18 Å². The van der Waals surface area contributed by atoms with Crippen molar-refractivity contribution < 1.29 is 13.9 Å². The highest BCUT2D eigenvalue weighted by Crippen LogP contribution is 2.38. The SMILES string of the molecule is CC1(c2ccc(F)cc2)CC(Nc2ccccc2Cl)C(=O)O1. The number of cyclic esters (lactones) is 1. The van der Waals surface area contributed by atoms with Crippen LogP contribution in [0.3, 0.4) is 0 Å². The summed E-state index contributed by atoms with van der Waals surface area (Å²) in [6.07, 6.45) is 0.447. The van der Waals surface area contributed by atoms with Crippen LogP contribution in [0.5, 0.6) is 0 Å². The van der Waals surface area contributed by atoms with Gasteiger partial charge in [-0.2, -0.15) is 0 Å². The van der Waals surface area contributed by atoms with Gasteiger partial charge in [-0.05, 0) is 36.8 Å². The van der Waals surface area contributed by atoms with Crippen LogP contribution in [0, 0.1) is 5.82 Å². The summed E-state index contributed by atoms with van der Waals surface area (Å²) in [5, 5.41) is 3.66. The second kappa shape index (κ2) is 5.61. The fraction of sp³-hybridized carbons (Fsp3) is 0.235. The maximum absolute atomic E-state index is 13.0. The van der Waals surface area contributed by atoms with Gasteiger partial charge in [0.25, 0.3) is 0 Å². The zero-order chi connectivity index (χ0) is 15.7. The fourth-order valence-electron chi connectivity index (χ4n) is 2.66.